The normalized spacial score (nSPS) is 12.8. The molecule has 0 aliphatic heterocycles. The number of imidazole rings is 1. The van der Waals surface area contributed by atoms with Crippen molar-refractivity contribution >= 4 is 17.0 Å². The number of rotatable bonds is 6. The lowest BCUT2D eigenvalue weighted by Gasteiger charge is -2.12. The maximum absolute atomic E-state index is 9.06. The molecule has 18 heavy (non-hydrogen) atoms. The molecule has 7 nitrogen and oxygen atoms in total. The quantitative estimate of drug-likeness (QED) is 0.766. The van der Waals surface area contributed by atoms with E-state index in [4.69, 9.17) is 9.84 Å². The van der Waals surface area contributed by atoms with Crippen LogP contribution in [0.25, 0.3) is 11.2 Å². The molecule has 98 valence electrons. The van der Waals surface area contributed by atoms with E-state index in [0.717, 1.165) is 11.2 Å². The van der Waals surface area contributed by atoms with Gasteiger partial charge in [-0.25, -0.2) is 15.0 Å². The van der Waals surface area contributed by atoms with Crippen LogP contribution in [0.5, 0.6) is 0 Å². The number of hydrogen-bond acceptors (Lipinski definition) is 6. The SMILES string of the molecule is CNc1ncnc2c1ncn2CCC(CO)OC. The molecule has 0 saturated carbocycles. The van der Waals surface area contributed by atoms with Crippen molar-refractivity contribution in [2.24, 2.45) is 0 Å². The number of aryl methyl sites for hydroxylation is 1. The van der Waals surface area contributed by atoms with Gasteiger partial charge in [0, 0.05) is 20.7 Å². The van der Waals surface area contributed by atoms with Gasteiger partial charge in [0.2, 0.25) is 0 Å². The van der Waals surface area contributed by atoms with Crippen LogP contribution in [0.3, 0.4) is 0 Å². The largest absolute Gasteiger partial charge is 0.394 e. The van der Waals surface area contributed by atoms with Crippen molar-refractivity contribution < 1.29 is 9.84 Å². The molecule has 0 saturated heterocycles. The average molecular weight is 251 g/mol. The second kappa shape index (κ2) is 5.74. The van der Waals surface area contributed by atoms with Crippen LogP contribution in [0.1, 0.15) is 6.42 Å². The Morgan fingerprint density at radius 2 is 2.28 bits per heavy atom. The van der Waals surface area contributed by atoms with Crippen LogP contribution in [-0.2, 0) is 11.3 Å². The first-order valence-corrected chi connectivity index (χ1v) is 5.77. The Balaban J connectivity index is 2.19. The third kappa shape index (κ3) is 2.41. The first kappa shape index (κ1) is 12.7. The molecule has 0 radical (unpaired) electrons. The van der Waals surface area contributed by atoms with Crippen LogP contribution >= 0.6 is 0 Å². The summed E-state index contributed by atoms with van der Waals surface area (Å²) in [4.78, 5) is 12.6. The molecule has 0 spiro atoms. The van der Waals surface area contributed by atoms with E-state index >= 15 is 0 Å². The number of fused-ring (bicyclic) bond motifs is 1. The van der Waals surface area contributed by atoms with E-state index in [1.54, 1.807) is 20.5 Å². The fourth-order valence-corrected chi connectivity index (χ4v) is 1.79. The highest BCUT2D eigenvalue weighted by Crippen LogP contribution is 2.17. The van der Waals surface area contributed by atoms with Crippen molar-refractivity contribution in [3.8, 4) is 0 Å². The van der Waals surface area contributed by atoms with Crippen LogP contribution < -0.4 is 5.32 Å². The van der Waals surface area contributed by atoms with Crippen molar-refractivity contribution in [2.45, 2.75) is 19.1 Å². The van der Waals surface area contributed by atoms with E-state index in [2.05, 4.69) is 20.3 Å². The van der Waals surface area contributed by atoms with Crippen LogP contribution in [0.15, 0.2) is 12.7 Å². The Morgan fingerprint density at radius 1 is 1.44 bits per heavy atom. The zero-order chi connectivity index (χ0) is 13.0. The van der Waals surface area contributed by atoms with Gasteiger partial charge in [0.05, 0.1) is 19.0 Å². The van der Waals surface area contributed by atoms with Crippen molar-refractivity contribution in [1.82, 2.24) is 19.5 Å². The lowest BCUT2D eigenvalue weighted by atomic mass is 10.2. The van der Waals surface area contributed by atoms with Gasteiger partial charge in [0.25, 0.3) is 0 Å². The molecule has 2 aromatic heterocycles. The average Bonchev–Trinajstić information content (AvgIpc) is 2.83. The summed E-state index contributed by atoms with van der Waals surface area (Å²) in [5.74, 6) is 0.712. The second-order valence-corrected chi connectivity index (χ2v) is 3.91. The number of aliphatic hydroxyl groups excluding tert-OH is 1. The number of ether oxygens (including phenoxy) is 1. The summed E-state index contributed by atoms with van der Waals surface area (Å²) in [6.07, 6.45) is 3.78. The number of aromatic nitrogens is 4. The highest BCUT2D eigenvalue weighted by molar-refractivity contribution is 5.82. The number of nitrogens with one attached hydrogen (secondary N) is 1. The van der Waals surface area contributed by atoms with E-state index in [0.29, 0.717) is 18.8 Å². The summed E-state index contributed by atoms with van der Waals surface area (Å²) in [5, 5.41) is 12.0. The van der Waals surface area contributed by atoms with Gasteiger partial charge in [0.1, 0.15) is 11.8 Å². The predicted molar refractivity (Wildman–Crippen MR) is 67.4 cm³/mol. The minimum Gasteiger partial charge on any atom is -0.394 e. The number of anilines is 1. The number of nitrogens with zero attached hydrogens (tertiary/aromatic N) is 4. The Bertz CT molecular complexity index is 509. The fourth-order valence-electron chi connectivity index (χ4n) is 1.79. The monoisotopic (exact) mass is 251 g/mol. The van der Waals surface area contributed by atoms with Gasteiger partial charge in [-0.05, 0) is 6.42 Å². The third-order valence-corrected chi connectivity index (χ3v) is 2.87. The van der Waals surface area contributed by atoms with Gasteiger partial charge in [0.15, 0.2) is 11.5 Å². The maximum atomic E-state index is 9.06. The molecule has 0 aliphatic rings. The molecule has 1 atom stereocenters. The molecule has 0 bridgehead atoms. The van der Waals surface area contributed by atoms with Gasteiger partial charge in [-0.3, -0.25) is 0 Å². The number of hydrogen-bond donors (Lipinski definition) is 2. The van der Waals surface area contributed by atoms with Gasteiger partial charge in [-0.2, -0.15) is 0 Å². The summed E-state index contributed by atoms with van der Waals surface area (Å²) in [6, 6.07) is 0. The predicted octanol–water partition coefficient (Wildman–Crippen LogP) is 0.265. The highest BCUT2D eigenvalue weighted by atomic mass is 16.5. The molecule has 0 aromatic carbocycles. The van der Waals surface area contributed by atoms with E-state index in [-0.39, 0.29) is 12.7 Å². The topological polar surface area (TPSA) is 85.1 Å². The van der Waals surface area contributed by atoms with Gasteiger partial charge in [-0.1, -0.05) is 0 Å². The minimum absolute atomic E-state index is 0.0138. The zero-order valence-electron chi connectivity index (χ0n) is 10.5. The molecule has 7 heteroatoms. The van der Waals surface area contributed by atoms with E-state index in [9.17, 15) is 0 Å². The Kier molecular flexibility index (Phi) is 4.06. The summed E-state index contributed by atoms with van der Waals surface area (Å²) in [5.41, 5.74) is 1.53. The van der Waals surface area contributed by atoms with E-state index in [1.807, 2.05) is 4.57 Å². The summed E-state index contributed by atoms with van der Waals surface area (Å²) in [7, 11) is 3.39. The van der Waals surface area contributed by atoms with Gasteiger partial charge >= 0.3 is 0 Å². The smallest absolute Gasteiger partial charge is 0.165 e. The molecule has 0 fully saturated rings. The summed E-state index contributed by atoms with van der Waals surface area (Å²) >= 11 is 0. The van der Waals surface area contributed by atoms with Crippen LogP contribution in [0.2, 0.25) is 0 Å². The second-order valence-electron chi connectivity index (χ2n) is 3.91. The maximum Gasteiger partial charge on any atom is 0.165 e. The van der Waals surface area contributed by atoms with E-state index in [1.165, 1.54) is 6.33 Å². The Hall–Kier alpha value is -1.73. The zero-order valence-corrected chi connectivity index (χ0v) is 10.5. The number of methoxy groups -OCH3 is 1. The lowest BCUT2D eigenvalue weighted by Crippen LogP contribution is -2.18. The van der Waals surface area contributed by atoms with Crippen molar-refractivity contribution in [1.29, 1.82) is 0 Å². The minimum atomic E-state index is -0.159. The summed E-state index contributed by atoms with van der Waals surface area (Å²) in [6.45, 7) is 0.704. The third-order valence-electron chi connectivity index (χ3n) is 2.87. The molecule has 2 rings (SSSR count). The fraction of sp³-hybridized carbons (Fsp3) is 0.545. The molecule has 1 unspecified atom stereocenters. The first-order valence-electron chi connectivity index (χ1n) is 5.77. The van der Waals surface area contributed by atoms with Crippen LogP contribution in [-0.4, -0.2) is 51.5 Å². The molecule has 0 amide bonds. The van der Waals surface area contributed by atoms with Gasteiger partial charge < -0.3 is 19.7 Å². The molecule has 2 aromatic rings. The summed E-state index contributed by atoms with van der Waals surface area (Å²) < 4.78 is 7.06. The lowest BCUT2D eigenvalue weighted by molar-refractivity contribution is 0.0405. The molecule has 2 heterocycles. The van der Waals surface area contributed by atoms with Crippen molar-refractivity contribution in [3.63, 3.8) is 0 Å². The molecule has 2 N–H and O–H groups in total. The van der Waals surface area contributed by atoms with Crippen molar-refractivity contribution in [3.05, 3.63) is 12.7 Å². The number of aliphatic hydroxyl groups is 1. The molecular weight excluding hydrogens is 234 g/mol. The Morgan fingerprint density at radius 3 is 2.94 bits per heavy atom. The van der Waals surface area contributed by atoms with Crippen molar-refractivity contribution in [2.75, 3.05) is 26.1 Å². The Labute approximate surface area is 105 Å². The molecule has 0 aliphatic carbocycles. The van der Waals surface area contributed by atoms with E-state index < -0.39 is 0 Å². The van der Waals surface area contributed by atoms with Gasteiger partial charge in [-0.15, -0.1) is 0 Å². The highest BCUT2D eigenvalue weighted by Gasteiger charge is 2.11. The van der Waals surface area contributed by atoms with Crippen LogP contribution in [0, 0.1) is 0 Å². The standard InChI is InChI=1S/C11H17N5O2/c1-12-10-9-11(14-6-13-10)16(7-15-9)4-3-8(5-17)18-2/h6-8,17H,3-5H2,1-2H3,(H,12,13,14). The van der Waals surface area contributed by atoms with Crippen LogP contribution in [0.4, 0.5) is 5.82 Å². The molecular formula is C11H17N5O2. The first-order chi connectivity index (χ1) is 8.80.